The van der Waals surface area contributed by atoms with Crippen LogP contribution in [0.5, 0.6) is 0 Å². The van der Waals surface area contributed by atoms with Crippen molar-refractivity contribution in [1.29, 1.82) is 0 Å². The van der Waals surface area contributed by atoms with Crippen LogP contribution in [0, 0.1) is 18.7 Å². The number of rotatable bonds is 7. The molecule has 0 radical (unpaired) electrons. The second-order valence-corrected chi connectivity index (χ2v) is 11.2. The standard InChI is InChI=1S/C28H27ClFN3O2S/c1-3-24(34)19-14-22-23(15-20(19)29)33(28(32-22)27-21(30)8-5-11-31-27)18-7-4-6-17(12-18)13-25(35)26-10-9-16(2)36-26/h5,8-11,14-15,17-18H,3-4,6-7,12-13H2,1-2H3/t17-,18+/m1/s1. The number of imidazole rings is 1. The van der Waals surface area contributed by atoms with Gasteiger partial charge in [0.1, 0.15) is 5.69 Å². The van der Waals surface area contributed by atoms with E-state index < -0.39 is 5.82 Å². The van der Waals surface area contributed by atoms with Crippen LogP contribution in [0.15, 0.2) is 42.6 Å². The molecule has 0 aliphatic heterocycles. The highest BCUT2D eigenvalue weighted by Crippen LogP contribution is 2.41. The van der Waals surface area contributed by atoms with E-state index in [0.717, 1.165) is 41.0 Å². The highest BCUT2D eigenvalue weighted by molar-refractivity contribution is 7.14. The SMILES string of the molecule is CCC(=O)c1cc2nc(-c3ncccc3F)n([C@H]3CCC[C@@H](CC(=O)c4ccc(C)s4)C3)c2cc1Cl. The minimum atomic E-state index is -0.458. The first-order chi connectivity index (χ1) is 17.4. The maximum absolute atomic E-state index is 14.9. The van der Waals surface area contributed by atoms with Gasteiger partial charge in [-0.15, -0.1) is 11.3 Å². The average molecular weight is 524 g/mol. The van der Waals surface area contributed by atoms with Crippen LogP contribution in [-0.2, 0) is 0 Å². The number of benzene rings is 1. The third kappa shape index (κ3) is 4.74. The van der Waals surface area contributed by atoms with E-state index in [0.29, 0.717) is 34.8 Å². The number of carbonyl (C=O) groups is 2. The zero-order chi connectivity index (χ0) is 25.4. The van der Waals surface area contributed by atoms with Crippen LogP contribution < -0.4 is 0 Å². The third-order valence-corrected chi connectivity index (χ3v) is 8.33. The molecule has 36 heavy (non-hydrogen) atoms. The van der Waals surface area contributed by atoms with Crippen LogP contribution >= 0.6 is 22.9 Å². The summed E-state index contributed by atoms with van der Waals surface area (Å²) in [5, 5.41) is 0.360. The topological polar surface area (TPSA) is 64.8 Å². The fourth-order valence-corrected chi connectivity index (χ4v) is 6.32. The van der Waals surface area contributed by atoms with Crippen LogP contribution in [0.3, 0.4) is 0 Å². The third-order valence-electron chi connectivity index (χ3n) is 6.98. The first-order valence-corrected chi connectivity index (χ1v) is 13.5. The van der Waals surface area contributed by atoms with E-state index >= 15 is 0 Å². The van der Waals surface area contributed by atoms with Gasteiger partial charge in [-0.3, -0.25) is 9.59 Å². The largest absolute Gasteiger partial charge is 0.319 e. The number of aryl methyl sites for hydroxylation is 1. The maximum atomic E-state index is 14.9. The van der Waals surface area contributed by atoms with Gasteiger partial charge in [0.25, 0.3) is 0 Å². The number of fused-ring (bicyclic) bond motifs is 1. The van der Waals surface area contributed by atoms with E-state index in [1.54, 1.807) is 31.3 Å². The Bertz CT molecular complexity index is 1460. The summed E-state index contributed by atoms with van der Waals surface area (Å²) < 4.78 is 16.9. The minimum absolute atomic E-state index is 0.00632. The number of hydrogen-bond donors (Lipinski definition) is 0. The highest BCUT2D eigenvalue weighted by Gasteiger charge is 2.30. The van der Waals surface area contributed by atoms with E-state index in [4.69, 9.17) is 16.6 Å². The number of nitrogens with zero attached hydrogens (tertiary/aromatic N) is 3. The van der Waals surface area contributed by atoms with E-state index in [9.17, 15) is 14.0 Å². The van der Waals surface area contributed by atoms with Crippen molar-refractivity contribution >= 4 is 45.5 Å². The summed E-state index contributed by atoms with van der Waals surface area (Å²) in [5.74, 6) is 0.291. The number of aromatic nitrogens is 3. The number of carbonyl (C=O) groups excluding carboxylic acids is 2. The monoisotopic (exact) mass is 523 g/mol. The summed E-state index contributed by atoms with van der Waals surface area (Å²) in [6, 6.07) is 10.3. The Balaban J connectivity index is 1.55. The lowest BCUT2D eigenvalue weighted by Gasteiger charge is -2.31. The van der Waals surface area contributed by atoms with Crippen molar-refractivity contribution < 1.29 is 14.0 Å². The molecule has 8 heteroatoms. The minimum Gasteiger partial charge on any atom is -0.319 e. The van der Waals surface area contributed by atoms with Gasteiger partial charge in [0.05, 0.1) is 20.9 Å². The second-order valence-electron chi connectivity index (χ2n) is 9.46. The average Bonchev–Trinajstić information content (AvgIpc) is 3.47. The Morgan fingerprint density at radius 3 is 2.75 bits per heavy atom. The summed E-state index contributed by atoms with van der Waals surface area (Å²) in [6.45, 7) is 3.79. The Labute approximate surface area is 218 Å². The van der Waals surface area contributed by atoms with Gasteiger partial charge < -0.3 is 4.57 Å². The number of thiophene rings is 1. The molecule has 1 fully saturated rings. The molecule has 3 heterocycles. The van der Waals surface area contributed by atoms with Gasteiger partial charge in [-0.25, -0.2) is 14.4 Å². The van der Waals surface area contributed by atoms with E-state index in [-0.39, 0.29) is 29.2 Å². The highest BCUT2D eigenvalue weighted by atomic mass is 35.5. The Hall–Kier alpha value is -2.90. The van der Waals surface area contributed by atoms with Gasteiger partial charge in [-0.05, 0) is 68.5 Å². The van der Waals surface area contributed by atoms with Crippen molar-refractivity contribution in [3.05, 3.63) is 68.8 Å². The molecule has 0 bridgehead atoms. The zero-order valence-corrected chi connectivity index (χ0v) is 21.8. The van der Waals surface area contributed by atoms with Gasteiger partial charge >= 0.3 is 0 Å². The Morgan fingerprint density at radius 1 is 1.19 bits per heavy atom. The molecule has 1 saturated carbocycles. The lowest BCUT2D eigenvalue weighted by atomic mass is 9.82. The molecule has 0 unspecified atom stereocenters. The fraction of sp³-hybridized carbons (Fsp3) is 0.357. The number of halogens is 2. The molecule has 186 valence electrons. The molecule has 3 aromatic heterocycles. The molecule has 0 N–H and O–H groups in total. The predicted molar refractivity (Wildman–Crippen MR) is 142 cm³/mol. The van der Waals surface area contributed by atoms with E-state index in [1.807, 2.05) is 23.6 Å². The van der Waals surface area contributed by atoms with Crippen LogP contribution in [0.2, 0.25) is 5.02 Å². The van der Waals surface area contributed by atoms with Gasteiger partial charge in [-0.2, -0.15) is 0 Å². The molecule has 0 amide bonds. The molecule has 0 saturated heterocycles. The predicted octanol–water partition coefficient (Wildman–Crippen LogP) is 7.86. The van der Waals surface area contributed by atoms with Crippen LogP contribution in [-0.4, -0.2) is 26.1 Å². The first kappa shape index (κ1) is 24.8. The lowest BCUT2D eigenvalue weighted by molar-refractivity contribution is 0.0944. The molecule has 1 aliphatic rings. The van der Waals surface area contributed by atoms with Crippen molar-refractivity contribution in [3.63, 3.8) is 0 Å². The second kappa shape index (κ2) is 10.2. The summed E-state index contributed by atoms with van der Waals surface area (Å²) in [6.07, 6.45) is 5.95. The first-order valence-electron chi connectivity index (χ1n) is 12.3. The quantitative estimate of drug-likeness (QED) is 0.231. The molecular formula is C28H27ClFN3O2S. The van der Waals surface area contributed by atoms with Crippen molar-refractivity contribution in [1.82, 2.24) is 14.5 Å². The van der Waals surface area contributed by atoms with Crippen molar-refractivity contribution in [3.8, 4) is 11.5 Å². The summed E-state index contributed by atoms with van der Waals surface area (Å²) in [4.78, 5) is 36.3. The molecule has 4 aromatic rings. The fourth-order valence-electron chi connectivity index (χ4n) is 5.24. The van der Waals surface area contributed by atoms with Crippen molar-refractivity contribution in [2.75, 3.05) is 0 Å². The lowest BCUT2D eigenvalue weighted by Crippen LogP contribution is -2.22. The molecule has 5 rings (SSSR count). The van der Waals surface area contributed by atoms with Crippen LogP contribution in [0.1, 0.15) is 76.4 Å². The van der Waals surface area contributed by atoms with Crippen LogP contribution in [0.25, 0.3) is 22.6 Å². The van der Waals surface area contributed by atoms with E-state index in [2.05, 4.69) is 4.98 Å². The van der Waals surface area contributed by atoms with Gasteiger partial charge in [0.2, 0.25) is 0 Å². The summed E-state index contributed by atoms with van der Waals surface area (Å²) in [5.41, 5.74) is 1.92. The maximum Gasteiger partial charge on any atom is 0.173 e. The summed E-state index contributed by atoms with van der Waals surface area (Å²) >= 11 is 8.08. The molecular weight excluding hydrogens is 497 g/mol. The number of ketones is 2. The number of Topliss-reactive ketones (excluding diaryl/α,β-unsaturated/α-hetero) is 2. The smallest absolute Gasteiger partial charge is 0.173 e. The van der Waals surface area contributed by atoms with Crippen molar-refractivity contribution in [2.45, 2.75) is 58.4 Å². The molecule has 0 spiro atoms. The Kier molecular flexibility index (Phi) is 7.04. The zero-order valence-electron chi connectivity index (χ0n) is 20.3. The molecule has 2 atom stereocenters. The van der Waals surface area contributed by atoms with Crippen molar-refractivity contribution in [2.24, 2.45) is 5.92 Å². The molecule has 1 aliphatic carbocycles. The Morgan fingerprint density at radius 2 is 2.03 bits per heavy atom. The van der Waals surface area contributed by atoms with Gasteiger partial charge in [0.15, 0.2) is 23.2 Å². The van der Waals surface area contributed by atoms with Crippen LogP contribution in [0.4, 0.5) is 4.39 Å². The molecule has 1 aromatic carbocycles. The normalized spacial score (nSPS) is 18.0. The number of hydrogen-bond acceptors (Lipinski definition) is 5. The molecule has 5 nitrogen and oxygen atoms in total. The van der Waals surface area contributed by atoms with Gasteiger partial charge in [0, 0.05) is 35.5 Å². The summed E-state index contributed by atoms with van der Waals surface area (Å²) in [7, 11) is 0. The van der Waals surface area contributed by atoms with Gasteiger partial charge in [-0.1, -0.05) is 24.9 Å². The van der Waals surface area contributed by atoms with E-state index in [1.165, 1.54) is 17.4 Å². The number of pyridine rings is 1.